The van der Waals surface area contributed by atoms with Crippen LogP contribution in [0, 0.1) is 0 Å². The quantitative estimate of drug-likeness (QED) is 0.691. The average Bonchev–Trinajstić information content (AvgIpc) is 3.02. The van der Waals surface area contributed by atoms with Crippen molar-refractivity contribution in [2.24, 2.45) is 0 Å². The van der Waals surface area contributed by atoms with Gasteiger partial charge in [-0.25, -0.2) is 14.8 Å². The maximum atomic E-state index is 12.2. The summed E-state index contributed by atoms with van der Waals surface area (Å²) in [4.78, 5) is 21.0. The molecule has 4 nitrogen and oxygen atoms in total. The number of nitrogens with zero attached hydrogens (tertiary/aromatic N) is 2. The molecule has 0 aliphatic rings. The number of hydrogen-bond acceptors (Lipinski definition) is 5. The predicted octanol–water partition coefficient (Wildman–Crippen LogP) is 3.42. The predicted molar refractivity (Wildman–Crippen MR) is 76.7 cm³/mol. The van der Waals surface area contributed by atoms with Crippen LogP contribution in [0.3, 0.4) is 0 Å². The van der Waals surface area contributed by atoms with E-state index in [1.807, 2.05) is 29.6 Å². The van der Waals surface area contributed by atoms with Crippen LogP contribution in [0.2, 0.25) is 0 Å². The second kappa shape index (κ2) is 5.63. The SMILES string of the molecule is O=C(Oc1ncccn1)c1ccccc1-c1cccs1. The zero-order valence-corrected chi connectivity index (χ0v) is 11.2. The number of thiophene rings is 1. The summed E-state index contributed by atoms with van der Waals surface area (Å²) < 4.78 is 5.18. The highest BCUT2D eigenvalue weighted by Crippen LogP contribution is 2.28. The Labute approximate surface area is 119 Å². The number of hydrogen-bond donors (Lipinski definition) is 0. The van der Waals surface area contributed by atoms with E-state index in [9.17, 15) is 4.79 Å². The van der Waals surface area contributed by atoms with E-state index in [0.717, 1.165) is 10.4 Å². The maximum Gasteiger partial charge on any atom is 0.346 e. The Morgan fingerprint density at radius 3 is 2.55 bits per heavy atom. The van der Waals surface area contributed by atoms with Crippen molar-refractivity contribution < 1.29 is 9.53 Å². The van der Waals surface area contributed by atoms with E-state index in [4.69, 9.17) is 4.74 Å². The molecule has 0 unspecified atom stereocenters. The minimum absolute atomic E-state index is 0.0542. The Balaban J connectivity index is 1.93. The fourth-order valence-corrected chi connectivity index (χ4v) is 2.55. The summed E-state index contributed by atoms with van der Waals surface area (Å²) >= 11 is 1.57. The lowest BCUT2D eigenvalue weighted by Crippen LogP contribution is -2.11. The highest BCUT2D eigenvalue weighted by molar-refractivity contribution is 7.13. The number of aromatic nitrogens is 2. The largest absolute Gasteiger partial charge is 0.387 e. The molecule has 0 spiro atoms. The molecule has 0 N–H and O–H groups in total. The third-order valence-electron chi connectivity index (χ3n) is 2.66. The van der Waals surface area contributed by atoms with Gasteiger partial charge in [-0.1, -0.05) is 24.3 Å². The van der Waals surface area contributed by atoms with Gasteiger partial charge >= 0.3 is 12.0 Å². The maximum absolute atomic E-state index is 12.2. The van der Waals surface area contributed by atoms with E-state index in [0.29, 0.717) is 5.56 Å². The minimum Gasteiger partial charge on any atom is -0.387 e. The normalized spacial score (nSPS) is 10.2. The van der Waals surface area contributed by atoms with Gasteiger partial charge in [0.05, 0.1) is 5.56 Å². The fraction of sp³-hybridized carbons (Fsp3) is 0. The molecule has 0 saturated carbocycles. The third kappa shape index (κ3) is 2.57. The summed E-state index contributed by atoms with van der Waals surface area (Å²) in [5.41, 5.74) is 1.35. The summed E-state index contributed by atoms with van der Waals surface area (Å²) in [6.07, 6.45) is 3.06. The van der Waals surface area contributed by atoms with Crippen LogP contribution in [0.15, 0.2) is 60.2 Å². The first-order valence-electron chi connectivity index (χ1n) is 5.97. The van der Waals surface area contributed by atoms with E-state index in [1.165, 1.54) is 12.4 Å². The van der Waals surface area contributed by atoms with Gasteiger partial charge in [-0.15, -0.1) is 11.3 Å². The van der Waals surface area contributed by atoms with Crippen molar-refractivity contribution in [2.75, 3.05) is 0 Å². The van der Waals surface area contributed by atoms with E-state index in [-0.39, 0.29) is 6.01 Å². The smallest absolute Gasteiger partial charge is 0.346 e. The van der Waals surface area contributed by atoms with Crippen molar-refractivity contribution >= 4 is 17.3 Å². The Morgan fingerprint density at radius 1 is 1.00 bits per heavy atom. The van der Waals surface area contributed by atoms with Crippen molar-refractivity contribution in [3.63, 3.8) is 0 Å². The number of benzene rings is 1. The molecule has 0 aliphatic carbocycles. The van der Waals surface area contributed by atoms with Crippen LogP contribution >= 0.6 is 11.3 Å². The monoisotopic (exact) mass is 282 g/mol. The molecule has 3 rings (SSSR count). The molecule has 0 fully saturated rings. The average molecular weight is 282 g/mol. The molecule has 0 aliphatic heterocycles. The first-order chi connectivity index (χ1) is 9.84. The molecule has 2 aromatic heterocycles. The Kier molecular flexibility index (Phi) is 3.52. The topological polar surface area (TPSA) is 52.1 Å². The molecule has 20 heavy (non-hydrogen) atoms. The van der Waals surface area contributed by atoms with Crippen molar-refractivity contribution in [1.82, 2.24) is 9.97 Å². The Hall–Kier alpha value is -2.53. The number of rotatable bonds is 3. The van der Waals surface area contributed by atoms with Gasteiger partial charge < -0.3 is 4.74 Å². The van der Waals surface area contributed by atoms with Gasteiger partial charge in [-0.05, 0) is 23.6 Å². The first kappa shape index (κ1) is 12.5. The molecule has 3 aromatic rings. The van der Waals surface area contributed by atoms with Gasteiger partial charge in [0.2, 0.25) is 0 Å². The van der Waals surface area contributed by atoms with Crippen LogP contribution < -0.4 is 4.74 Å². The van der Waals surface area contributed by atoms with Crippen LogP contribution in [0.5, 0.6) is 6.01 Å². The molecule has 1 aromatic carbocycles. The van der Waals surface area contributed by atoms with Gasteiger partial charge in [0.15, 0.2) is 0 Å². The number of ether oxygens (including phenoxy) is 1. The molecular formula is C15H10N2O2S. The Bertz CT molecular complexity index is 712. The lowest BCUT2D eigenvalue weighted by atomic mass is 10.1. The van der Waals surface area contributed by atoms with Crippen molar-refractivity contribution in [3.8, 4) is 16.5 Å². The molecule has 98 valence electrons. The van der Waals surface area contributed by atoms with Crippen molar-refractivity contribution in [2.45, 2.75) is 0 Å². The second-order valence-corrected chi connectivity index (χ2v) is 4.89. The fourth-order valence-electron chi connectivity index (χ4n) is 1.78. The summed E-state index contributed by atoms with van der Waals surface area (Å²) in [5, 5.41) is 1.97. The van der Waals surface area contributed by atoms with Crippen molar-refractivity contribution in [3.05, 3.63) is 65.8 Å². The standard InChI is InChI=1S/C15H10N2O2S/c18-14(19-15-16-8-4-9-17-15)12-6-2-1-5-11(12)13-7-3-10-20-13/h1-10H. The Morgan fingerprint density at radius 2 is 1.80 bits per heavy atom. The number of esters is 1. The number of carbonyl (C=O) groups excluding carboxylic acids is 1. The molecule has 2 heterocycles. The second-order valence-electron chi connectivity index (χ2n) is 3.94. The van der Waals surface area contributed by atoms with E-state index < -0.39 is 5.97 Å². The van der Waals surface area contributed by atoms with Crippen LogP contribution in [0.4, 0.5) is 0 Å². The zero-order chi connectivity index (χ0) is 13.8. The van der Waals surface area contributed by atoms with Crippen LogP contribution in [-0.4, -0.2) is 15.9 Å². The van der Waals surface area contributed by atoms with E-state index in [2.05, 4.69) is 9.97 Å². The van der Waals surface area contributed by atoms with Crippen molar-refractivity contribution in [1.29, 1.82) is 0 Å². The van der Waals surface area contributed by atoms with Gasteiger partial charge in [0.25, 0.3) is 0 Å². The molecular weight excluding hydrogens is 272 g/mol. The van der Waals surface area contributed by atoms with Gasteiger partial charge in [-0.3, -0.25) is 0 Å². The molecule has 0 atom stereocenters. The molecule has 5 heteroatoms. The highest BCUT2D eigenvalue weighted by atomic mass is 32.1. The molecule has 0 amide bonds. The van der Waals surface area contributed by atoms with Gasteiger partial charge in [-0.2, -0.15) is 0 Å². The minimum atomic E-state index is -0.458. The zero-order valence-electron chi connectivity index (χ0n) is 10.4. The van der Waals surface area contributed by atoms with Gasteiger partial charge in [0.1, 0.15) is 0 Å². The van der Waals surface area contributed by atoms with Crippen LogP contribution in [-0.2, 0) is 0 Å². The third-order valence-corrected chi connectivity index (χ3v) is 3.56. The number of carbonyl (C=O) groups is 1. The van der Waals surface area contributed by atoms with E-state index in [1.54, 1.807) is 29.5 Å². The summed E-state index contributed by atoms with van der Waals surface area (Å²) in [5.74, 6) is -0.458. The lowest BCUT2D eigenvalue weighted by Gasteiger charge is -2.06. The summed E-state index contributed by atoms with van der Waals surface area (Å²) in [6.45, 7) is 0. The summed E-state index contributed by atoms with van der Waals surface area (Å²) in [6, 6.07) is 13.0. The molecule has 0 saturated heterocycles. The van der Waals surface area contributed by atoms with Crippen LogP contribution in [0.25, 0.3) is 10.4 Å². The van der Waals surface area contributed by atoms with E-state index >= 15 is 0 Å². The highest BCUT2D eigenvalue weighted by Gasteiger charge is 2.15. The molecule has 0 bridgehead atoms. The van der Waals surface area contributed by atoms with Crippen LogP contribution in [0.1, 0.15) is 10.4 Å². The first-order valence-corrected chi connectivity index (χ1v) is 6.84. The molecule has 0 radical (unpaired) electrons. The lowest BCUT2D eigenvalue weighted by molar-refractivity contribution is 0.0720. The van der Waals surface area contributed by atoms with Gasteiger partial charge in [0, 0.05) is 22.8 Å². The summed E-state index contributed by atoms with van der Waals surface area (Å²) in [7, 11) is 0.